The largest absolute Gasteiger partial charge is 0.396 e. The van der Waals surface area contributed by atoms with Crippen LogP contribution in [0.25, 0.3) is 0 Å². The van der Waals surface area contributed by atoms with Crippen molar-refractivity contribution in [2.45, 2.75) is 13.0 Å². The average molecular weight is 195 g/mol. The first-order chi connectivity index (χ1) is 6.70. The van der Waals surface area contributed by atoms with Gasteiger partial charge in [-0.1, -0.05) is 0 Å². The molecule has 1 aliphatic carbocycles. The fourth-order valence-corrected chi connectivity index (χ4v) is 1.59. The minimum Gasteiger partial charge on any atom is -0.396 e. The van der Waals surface area contributed by atoms with Crippen LogP contribution in [0.4, 0.5) is 5.82 Å². The van der Waals surface area contributed by atoms with Gasteiger partial charge in [0.15, 0.2) is 0 Å². The minimum atomic E-state index is -0.311. The van der Waals surface area contributed by atoms with E-state index in [4.69, 9.17) is 10.8 Å². The van der Waals surface area contributed by atoms with Gasteiger partial charge < -0.3 is 10.8 Å². The second-order valence-corrected chi connectivity index (χ2v) is 3.73. The number of hydrogen-bond donors (Lipinski definition) is 2. The molecular weight excluding hydrogens is 182 g/mol. The van der Waals surface area contributed by atoms with Crippen molar-refractivity contribution in [3.05, 3.63) is 22.7 Å². The number of aromatic nitrogens is 2. The van der Waals surface area contributed by atoms with Gasteiger partial charge in [-0.3, -0.25) is 4.57 Å². The molecule has 1 aliphatic rings. The van der Waals surface area contributed by atoms with Gasteiger partial charge in [-0.25, -0.2) is 4.79 Å². The van der Waals surface area contributed by atoms with Gasteiger partial charge in [-0.15, -0.1) is 0 Å². The number of nitrogens with two attached hydrogens (primary N) is 1. The Morgan fingerprint density at radius 3 is 3.00 bits per heavy atom. The number of rotatable bonds is 3. The topological polar surface area (TPSA) is 81.1 Å². The Balaban J connectivity index is 2.07. The number of nitrogens with zero attached hydrogens (tertiary/aromatic N) is 2. The number of anilines is 1. The molecule has 2 rings (SSSR count). The summed E-state index contributed by atoms with van der Waals surface area (Å²) in [5.41, 5.74) is 5.05. The summed E-state index contributed by atoms with van der Waals surface area (Å²) in [5.74, 6) is 1.03. The predicted molar refractivity (Wildman–Crippen MR) is 51.6 cm³/mol. The first kappa shape index (κ1) is 9.21. The minimum absolute atomic E-state index is 0.210. The van der Waals surface area contributed by atoms with Gasteiger partial charge in [-0.05, 0) is 24.3 Å². The van der Waals surface area contributed by atoms with Crippen molar-refractivity contribution in [1.82, 2.24) is 9.55 Å². The summed E-state index contributed by atoms with van der Waals surface area (Å²) in [6.07, 6.45) is 2.64. The van der Waals surface area contributed by atoms with Crippen LogP contribution in [0.1, 0.15) is 6.42 Å². The van der Waals surface area contributed by atoms with Crippen molar-refractivity contribution in [3.8, 4) is 0 Å². The van der Waals surface area contributed by atoms with Gasteiger partial charge in [0, 0.05) is 19.3 Å². The maximum absolute atomic E-state index is 11.3. The van der Waals surface area contributed by atoms with Crippen LogP contribution in [0.2, 0.25) is 0 Å². The summed E-state index contributed by atoms with van der Waals surface area (Å²) in [6.45, 7) is 0.846. The van der Waals surface area contributed by atoms with E-state index >= 15 is 0 Å². The highest BCUT2D eigenvalue weighted by atomic mass is 16.3. The molecule has 0 aliphatic heterocycles. The fourth-order valence-electron chi connectivity index (χ4n) is 1.59. The average Bonchev–Trinajstić information content (AvgIpc) is 2.89. The summed E-state index contributed by atoms with van der Waals surface area (Å²) in [6, 6.07) is 1.61. The van der Waals surface area contributed by atoms with Crippen molar-refractivity contribution in [1.29, 1.82) is 0 Å². The summed E-state index contributed by atoms with van der Waals surface area (Å²) < 4.78 is 1.54. The normalized spacial score (nSPS) is 24.9. The quantitative estimate of drug-likeness (QED) is 0.678. The molecule has 0 aromatic carbocycles. The molecule has 5 nitrogen and oxygen atoms in total. The Labute approximate surface area is 81.2 Å². The van der Waals surface area contributed by atoms with Gasteiger partial charge >= 0.3 is 5.69 Å². The van der Waals surface area contributed by atoms with Gasteiger partial charge in [0.1, 0.15) is 5.82 Å². The van der Waals surface area contributed by atoms with Crippen LogP contribution in [0.3, 0.4) is 0 Å². The van der Waals surface area contributed by atoms with Crippen molar-refractivity contribution in [3.63, 3.8) is 0 Å². The van der Waals surface area contributed by atoms with Gasteiger partial charge in [0.05, 0.1) is 0 Å². The maximum Gasteiger partial charge on any atom is 0.349 e. The van der Waals surface area contributed by atoms with Crippen molar-refractivity contribution in [2.24, 2.45) is 11.8 Å². The first-order valence-electron chi connectivity index (χ1n) is 4.64. The lowest BCUT2D eigenvalue weighted by Gasteiger charge is -2.03. The molecule has 5 heteroatoms. The molecular formula is C9H13N3O2. The third-order valence-corrected chi connectivity index (χ3v) is 2.63. The number of aliphatic hydroxyl groups is 1. The molecule has 0 amide bonds. The summed E-state index contributed by atoms with van der Waals surface area (Å²) in [7, 11) is 0. The zero-order valence-corrected chi connectivity index (χ0v) is 7.76. The van der Waals surface area contributed by atoms with Crippen molar-refractivity contribution < 1.29 is 5.11 Å². The number of nitrogen functional groups attached to an aromatic ring is 1. The molecule has 1 aromatic rings. The van der Waals surface area contributed by atoms with Gasteiger partial charge in [0.2, 0.25) is 0 Å². The molecule has 0 spiro atoms. The SMILES string of the molecule is Nc1ccn(C[C@H]2C[C@H]2CO)c(=O)n1. The standard InChI is InChI=1S/C9H13N3O2/c10-8-1-2-12(9(14)11-8)4-6-3-7(6)5-13/h1-2,6-7,13H,3-5H2,(H2,10,11,14)/t6-,7+/m1/s1. The monoisotopic (exact) mass is 195 g/mol. The second kappa shape index (κ2) is 3.42. The van der Waals surface area contributed by atoms with Crippen LogP contribution in [0, 0.1) is 11.8 Å². The zero-order chi connectivity index (χ0) is 10.1. The van der Waals surface area contributed by atoms with E-state index in [1.807, 2.05) is 0 Å². The Morgan fingerprint density at radius 1 is 1.64 bits per heavy atom. The van der Waals surface area contributed by atoms with E-state index in [9.17, 15) is 4.79 Å². The lowest BCUT2D eigenvalue weighted by atomic mass is 10.3. The van der Waals surface area contributed by atoms with Crippen molar-refractivity contribution >= 4 is 5.82 Å². The second-order valence-electron chi connectivity index (χ2n) is 3.73. The maximum atomic E-state index is 11.3. The van der Waals surface area contributed by atoms with Crippen LogP contribution in [0.5, 0.6) is 0 Å². The highest BCUT2D eigenvalue weighted by molar-refractivity contribution is 5.23. The predicted octanol–water partition coefficient (Wildman–Crippen LogP) is -0.546. The Hall–Kier alpha value is -1.36. The van der Waals surface area contributed by atoms with E-state index in [0.717, 1.165) is 6.42 Å². The molecule has 0 unspecified atom stereocenters. The summed E-state index contributed by atoms with van der Waals surface area (Å²) in [4.78, 5) is 14.9. The highest BCUT2D eigenvalue weighted by Crippen LogP contribution is 2.38. The third-order valence-electron chi connectivity index (χ3n) is 2.63. The smallest absolute Gasteiger partial charge is 0.349 e. The molecule has 1 saturated carbocycles. The lowest BCUT2D eigenvalue weighted by molar-refractivity contribution is 0.266. The Morgan fingerprint density at radius 2 is 2.43 bits per heavy atom. The number of aliphatic hydroxyl groups excluding tert-OH is 1. The molecule has 76 valence electrons. The van der Waals surface area contributed by atoms with E-state index in [2.05, 4.69) is 4.98 Å². The third kappa shape index (κ3) is 1.77. The van der Waals surface area contributed by atoms with E-state index in [1.54, 1.807) is 12.3 Å². The van der Waals surface area contributed by atoms with Crippen molar-refractivity contribution in [2.75, 3.05) is 12.3 Å². The molecule has 0 saturated heterocycles. The van der Waals surface area contributed by atoms with E-state index in [1.165, 1.54) is 4.57 Å². The zero-order valence-electron chi connectivity index (χ0n) is 7.76. The van der Waals surface area contributed by atoms with E-state index in [0.29, 0.717) is 18.4 Å². The molecule has 1 heterocycles. The fraction of sp³-hybridized carbons (Fsp3) is 0.556. The molecule has 1 aromatic heterocycles. The number of hydrogen-bond acceptors (Lipinski definition) is 4. The molecule has 0 bridgehead atoms. The molecule has 1 fully saturated rings. The van der Waals surface area contributed by atoms with Crippen LogP contribution >= 0.6 is 0 Å². The molecule has 3 N–H and O–H groups in total. The Bertz CT molecular complexity index is 388. The molecule has 2 atom stereocenters. The first-order valence-corrected chi connectivity index (χ1v) is 4.64. The van der Waals surface area contributed by atoms with E-state index < -0.39 is 0 Å². The molecule has 0 radical (unpaired) electrons. The lowest BCUT2D eigenvalue weighted by Crippen LogP contribution is -2.24. The molecule has 14 heavy (non-hydrogen) atoms. The summed E-state index contributed by atoms with van der Waals surface area (Å²) >= 11 is 0. The van der Waals surface area contributed by atoms with E-state index in [-0.39, 0.29) is 18.1 Å². The Kier molecular flexibility index (Phi) is 2.25. The van der Waals surface area contributed by atoms with Crippen LogP contribution < -0.4 is 11.4 Å². The van der Waals surface area contributed by atoms with Crippen LogP contribution in [0.15, 0.2) is 17.1 Å². The highest BCUT2D eigenvalue weighted by Gasteiger charge is 2.36. The van der Waals surface area contributed by atoms with Gasteiger partial charge in [0.25, 0.3) is 0 Å². The van der Waals surface area contributed by atoms with Crippen LogP contribution in [-0.2, 0) is 6.54 Å². The summed E-state index contributed by atoms with van der Waals surface area (Å²) in [5, 5.41) is 8.84. The van der Waals surface area contributed by atoms with Gasteiger partial charge in [-0.2, -0.15) is 4.98 Å². The van der Waals surface area contributed by atoms with Crippen LogP contribution in [-0.4, -0.2) is 21.3 Å².